The molecule has 0 saturated carbocycles. The lowest BCUT2D eigenvalue weighted by Gasteiger charge is -2.15. The summed E-state index contributed by atoms with van der Waals surface area (Å²) in [6, 6.07) is 14.1. The number of aryl methyl sites for hydroxylation is 3. The minimum atomic E-state index is 0.373. The third-order valence-electron chi connectivity index (χ3n) is 5.12. The van der Waals surface area contributed by atoms with E-state index < -0.39 is 0 Å². The predicted octanol–water partition coefficient (Wildman–Crippen LogP) is 5.48. The molecule has 0 fully saturated rings. The molecule has 0 aliphatic carbocycles. The molecule has 3 N–H and O–H groups in total. The Morgan fingerprint density at radius 3 is 2.39 bits per heavy atom. The van der Waals surface area contributed by atoms with Gasteiger partial charge in [0.25, 0.3) is 0 Å². The molecule has 4 aromatic rings. The smallest absolute Gasteiger partial charge is 0.229 e. The lowest BCUT2D eigenvalue weighted by atomic mass is 9.93. The second kappa shape index (κ2) is 8.25. The number of nitrogens with two attached hydrogens (primary N) is 1. The molecule has 0 aliphatic heterocycles. The summed E-state index contributed by atoms with van der Waals surface area (Å²) in [5.41, 5.74) is 14.1. The molecule has 0 spiro atoms. The first-order chi connectivity index (χ1) is 15.0. The van der Waals surface area contributed by atoms with E-state index in [1.807, 2.05) is 69.4 Å². The van der Waals surface area contributed by atoms with E-state index in [9.17, 15) is 0 Å². The van der Waals surface area contributed by atoms with Crippen molar-refractivity contribution in [1.29, 1.82) is 5.26 Å². The van der Waals surface area contributed by atoms with Gasteiger partial charge < -0.3 is 11.1 Å². The number of hydrogen-bond donors (Lipinski definition) is 2. The van der Waals surface area contributed by atoms with E-state index in [2.05, 4.69) is 15.3 Å². The van der Waals surface area contributed by atoms with E-state index in [-0.39, 0.29) is 0 Å². The Hall–Kier alpha value is -4.24. The van der Waals surface area contributed by atoms with Gasteiger partial charge >= 0.3 is 0 Å². The summed E-state index contributed by atoms with van der Waals surface area (Å²) in [7, 11) is 0. The highest BCUT2D eigenvalue weighted by Crippen LogP contribution is 2.34. The quantitative estimate of drug-likeness (QED) is 0.435. The molecule has 6 nitrogen and oxygen atoms in total. The van der Waals surface area contributed by atoms with Gasteiger partial charge in [-0.3, -0.25) is 4.98 Å². The van der Waals surface area contributed by atoms with E-state index in [0.717, 1.165) is 39.0 Å². The molecular weight excluding hydrogens is 384 g/mol. The summed E-state index contributed by atoms with van der Waals surface area (Å²) in [6.07, 6.45) is 6.78. The number of fused-ring (bicyclic) bond motifs is 1. The second-order valence-corrected chi connectivity index (χ2v) is 7.50. The molecule has 2 heterocycles. The Morgan fingerprint density at radius 2 is 1.71 bits per heavy atom. The molecule has 2 aromatic heterocycles. The zero-order valence-corrected chi connectivity index (χ0v) is 17.6. The van der Waals surface area contributed by atoms with Crippen molar-refractivity contribution in [3.63, 3.8) is 0 Å². The summed E-state index contributed by atoms with van der Waals surface area (Å²) in [5.74, 6) is 0.808. The number of anilines is 3. The van der Waals surface area contributed by atoms with Crippen molar-refractivity contribution in [2.45, 2.75) is 20.8 Å². The number of nitrogens with zero attached hydrogens (tertiary/aromatic N) is 4. The molecular formula is C25H22N6. The van der Waals surface area contributed by atoms with Crippen LogP contribution in [-0.2, 0) is 0 Å². The fraction of sp³-hybridized carbons (Fsp3) is 0.120. The van der Waals surface area contributed by atoms with Crippen LogP contribution in [0.5, 0.6) is 0 Å². The normalized spacial score (nSPS) is 11.0. The maximum atomic E-state index is 8.81. The maximum Gasteiger partial charge on any atom is 0.229 e. The third-order valence-corrected chi connectivity index (χ3v) is 5.12. The molecule has 0 amide bonds. The van der Waals surface area contributed by atoms with Crippen LogP contribution in [0.25, 0.3) is 28.1 Å². The summed E-state index contributed by atoms with van der Waals surface area (Å²) < 4.78 is 0. The second-order valence-electron chi connectivity index (χ2n) is 7.50. The van der Waals surface area contributed by atoms with E-state index in [1.54, 1.807) is 12.3 Å². The molecule has 0 aliphatic rings. The molecule has 2 aromatic carbocycles. The number of pyridine rings is 1. The Bertz CT molecular complexity index is 1320. The molecule has 0 atom stereocenters. The van der Waals surface area contributed by atoms with Crippen molar-refractivity contribution in [2.75, 3.05) is 11.1 Å². The summed E-state index contributed by atoms with van der Waals surface area (Å²) in [6.45, 7) is 6.13. The van der Waals surface area contributed by atoms with E-state index in [4.69, 9.17) is 16.0 Å². The first-order valence-electron chi connectivity index (χ1n) is 9.89. The van der Waals surface area contributed by atoms with Crippen LogP contribution in [-0.4, -0.2) is 15.0 Å². The average Bonchev–Trinajstić information content (AvgIpc) is 2.74. The zero-order chi connectivity index (χ0) is 22.0. The van der Waals surface area contributed by atoms with E-state index in [1.165, 1.54) is 11.6 Å². The molecule has 0 radical (unpaired) electrons. The van der Waals surface area contributed by atoms with Gasteiger partial charge in [-0.25, -0.2) is 4.98 Å². The van der Waals surface area contributed by atoms with Crippen LogP contribution in [0.3, 0.4) is 0 Å². The van der Waals surface area contributed by atoms with Gasteiger partial charge in [0.15, 0.2) is 0 Å². The summed E-state index contributed by atoms with van der Waals surface area (Å²) in [4.78, 5) is 13.6. The fourth-order valence-corrected chi connectivity index (χ4v) is 3.72. The highest BCUT2D eigenvalue weighted by Gasteiger charge is 2.15. The van der Waals surface area contributed by atoms with Crippen molar-refractivity contribution in [2.24, 2.45) is 0 Å². The van der Waals surface area contributed by atoms with Crippen LogP contribution in [0.15, 0.2) is 54.9 Å². The third kappa shape index (κ3) is 4.07. The number of aromatic nitrogens is 3. The maximum absolute atomic E-state index is 8.81. The van der Waals surface area contributed by atoms with Crippen molar-refractivity contribution >= 4 is 34.4 Å². The van der Waals surface area contributed by atoms with E-state index >= 15 is 0 Å². The largest absolute Gasteiger partial charge is 0.383 e. The van der Waals surface area contributed by atoms with E-state index in [0.29, 0.717) is 17.2 Å². The van der Waals surface area contributed by atoms with Gasteiger partial charge in [0.2, 0.25) is 5.95 Å². The lowest BCUT2D eigenvalue weighted by molar-refractivity contribution is 1.20. The van der Waals surface area contributed by atoms with Gasteiger partial charge in [-0.05, 0) is 61.2 Å². The number of benzene rings is 2. The lowest BCUT2D eigenvalue weighted by Crippen LogP contribution is -2.03. The van der Waals surface area contributed by atoms with Crippen molar-refractivity contribution in [1.82, 2.24) is 15.0 Å². The standard InChI is InChI=1S/C25H22N6/c1-15-6-8-19(9-7-15)29-25-30-23-20(13-28-14-21(23)24(27)31-25)22-16(2)11-18(5-4-10-26)12-17(22)3/h4-9,11-14H,1-3H3,(H3,27,29,30,31)/b5-4+. The van der Waals surface area contributed by atoms with Crippen LogP contribution in [0.2, 0.25) is 0 Å². The van der Waals surface area contributed by atoms with Crippen LogP contribution >= 0.6 is 0 Å². The SMILES string of the molecule is Cc1ccc(Nc2nc(N)c3cncc(-c4c(C)cc(/C=C/C#N)cc4C)c3n2)cc1. The van der Waals surface area contributed by atoms with Crippen LogP contribution in [0, 0.1) is 32.1 Å². The average molecular weight is 406 g/mol. The van der Waals surface area contributed by atoms with Crippen molar-refractivity contribution in [3.05, 3.63) is 77.1 Å². The number of nitrogen functional groups attached to an aromatic ring is 1. The monoisotopic (exact) mass is 406 g/mol. The minimum Gasteiger partial charge on any atom is -0.383 e. The molecule has 0 unspecified atom stereocenters. The molecule has 6 heteroatoms. The fourth-order valence-electron chi connectivity index (χ4n) is 3.72. The Kier molecular flexibility index (Phi) is 5.33. The highest BCUT2D eigenvalue weighted by atomic mass is 15.1. The van der Waals surface area contributed by atoms with Gasteiger partial charge in [-0.2, -0.15) is 10.2 Å². The minimum absolute atomic E-state index is 0.373. The Labute approximate surface area is 181 Å². The molecule has 4 rings (SSSR count). The van der Waals surface area contributed by atoms with Crippen molar-refractivity contribution in [3.8, 4) is 17.2 Å². The van der Waals surface area contributed by atoms with Gasteiger partial charge in [-0.1, -0.05) is 29.8 Å². The van der Waals surface area contributed by atoms with Gasteiger partial charge in [0.1, 0.15) is 5.82 Å². The van der Waals surface area contributed by atoms with Gasteiger partial charge in [-0.15, -0.1) is 0 Å². The predicted molar refractivity (Wildman–Crippen MR) is 126 cm³/mol. The van der Waals surface area contributed by atoms with Gasteiger partial charge in [0.05, 0.1) is 17.0 Å². The number of nitriles is 1. The molecule has 0 bridgehead atoms. The van der Waals surface area contributed by atoms with Gasteiger partial charge in [0, 0.05) is 29.7 Å². The molecule has 31 heavy (non-hydrogen) atoms. The number of rotatable bonds is 4. The Morgan fingerprint density at radius 1 is 1.00 bits per heavy atom. The number of allylic oxidation sites excluding steroid dienone is 1. The summed E-state index contributed by atoms with van der Waals surface area (Å²) >= 11 is 0. The zero-order valence-electron chi connectivity index (χ0n) is 17.6. The van der Waals surface area contributed by atoms with Crippen LogP contribution < -0.4 is 11.1 Å². The molecule has 152 valence electrons. The molecule has 0 saturated heterocycles. The first-order valence-corrected chi connectivity index (χ1v) is 9.89. The number of nitrogens with one attached hydrogen (secondary N) is 1. The Balaban J connectivity index is 1.85. The van der Waals surface area contributed by atoms with Crippen molar-refractivity contribution < 1.29 is 0 Å². The summed E-state index contributed by atoms with van der Waals surface area (Å²) in [5, 5.41) is 12.8. The number of hydrogen-bond acceptors (Lipinski definition) is 6. The topological polar surface area (TPSA) is 101 Å². The highest BCUT2D eigenvalue weighted by molar-refractivity contribution is 5.99. The van der Waals surface area contributed by atoms with Crippen LogP contribution in [0.1, 0.15) is 22.3 Å². The first kappa shape index (κ1) is 20.0. The van der Waals surface area contributed by atoms with Crippen LogP contribution in [0.4, 0.5) is 17.5 Å².